The Morgan fingerprint density at radius 1 is 1.22 bits per heavy atom. The number of fused-ring (bicyclic) bond motifs is 3. The van der Waals surface area contributed by atoms with Gasteiger partial charge in [-0.05, 0) is 6.07 Å². The van der Waals surface area contributed by atoms with E-state index in [1.165, 1.54) is 6.07 Å². The van der Waals surface area contributed by atoms with Gasteiger partial charge >= 0.3 is 11.1 Å². The third kappa shape index (κ3) is 2.57. The van der Waals surface area contributed by atoms with Crippen LogP contribution in [-0.2, 0) is 9.32 Å². The van der Waals surface area contributed by atoms with Crippen LogP contribution < -0.4 is 17.0 Å². The normalized spacial score (nSPS) is 11.2. The second-order valence-corrected chi connectivity index (χ2v) is 5.15. The highest BCUT2D eigenvalue weighted by atomic mass is 32.2. The lowest BCUT2D eigenvalue weighted by Crippen LogP contribution is -2.29. The Kier molecular flexibility index (Phi) is 3.83. The van der Waals surface area contributed by atoms with Crippen LogP contribution in [0.2, 0.25) is 0 Å². The van der Waals surface area contributed by atoms with Crippen molar-refractivity contribution < 1.29 is 14.2 Å². The van der Waals surface area contributed by atoms with Crippen LogP contribution in [-0.4, -0.2) is 14.9 Å². The fraction of sp³-hybridized carbons (Fsp3) is 0. The van der Waals surface area contributed by atoms with Crippen molar-refractivity contribution in [2.45, 2.75) is 4.90 Å². The molecule has 0 aliphatic rings. The minimum Gasteiger partial charge on any atom is -0.316 e. The first-order valence-electron chi connectivity index (χ1n) is 6.09. The average Bonchev–Trinajstić information content (AvgIpc) is 2.53. The van der Waals surface area contributed by atoms with E-state index in [-0.39, 0.29) is 22.1 Å². The molecule has 3 aromatic rings. The fourth-order valence-electron chi connectivity index (χ4n) is 2.28. The first-order chi connectivity index (χ1) is 11.0. The Morgan fingerprint density at radius 2 is 1.96 bits per heavy atom. The first-order valence-corrected chi connectivity index (χ1v) is 6.83. The van der Waals surface area contributed by atoms with E-state index in [1.807, 2.05) is 0 Å². The van der Waals surface area contributed by atoms with Crippen LogP contribution in [0.1, 0.15) is 0 Å². The van der Waals surface area contributed by atoms with E-state index in [0.29, 0.717) is 22.3 Å². The number of nitrogens with zero attached hydrogens (tertiary/aromatic N) is 1. The minimum absolute atomic E-state index is 0.145. The molecule has 0 atom stereocenters. The smallest absolute Gasteiger partial charge is 0.314 e. The number of nitro benzene ring substituents is 1. The number of nitro groups is 1. The van der Waals surface area contributed by atoms with Crippen molar-refractivity contribution in [1.82, 2.24) is 9.97 Å². The second-order valence-electron chi connectivity index (χ2n) is 4.41. The van der Waals surface area contributed by atoms with Gasteiger partial charge in [-0.3, -0.25) is 19.7 Å². The van der Waals surface area contributed by atoms with Gasteiger partial charge in [0.15, 0.2) is 0 Å². The summed E-state index contributed by atoms with van der Waals surface area (Å²) in [7, 11) is 0. The summed E-state index contributed by atoms with van der Waals surface area (Å²) in [5.41, 5.74) is -1.60. The molecular weight excluding hydrogens is 328 g/mol. The summed E-state index contributed by atoms with van der Waals surface area (Å²) in [6.45, 7) is 0. The van der Waals surface area contributed by atoms with E-state index in [9.17, 15) is 19.7 Å². The van der Waals surface area contributed by atoms with Gasteiger partial charge in [-0.2, -0.15) is 5.90 Å². The van der Waals surface area contributed by atoms with Gasteiger partial charge in [0, 0.05) is 11.5 Å². The Morgan fingerprint density at radius 3 is 2.65 bits per heavy atom. The van der Waals surface area contributed by atoms with Crippen LogP contribution in [0.3, 0.4) is 0 Å². The van der Waals surface area contributed by atoms with Crippen LogP contribution in [0.4, 0.5) is 5.69 Å². The molecule has 0 fully saturated rings. The van der Waals surface area contributed by atoms with Crippen molar-refractivity contribution in [3.05, 3.63) is 55.1 Å². The number of hydrogen-bond acceptors (Lipinski definition) is 8. The highest BCUT2D eigenvalue weighted by molar-refractivity contribution is 7.94. The maximum Gasteiger partial charge on any atom is 0.314 e. The van der Waals surface area contributed by atoms with Crippen molar-refractivity contribution in [2.75, 3.05) is 0 Å². The van der Waals surface area contributed by atoms with Crippen LogP contribution in [0, 0.1) is 10.1 Å². The Bertz CT molecular complexity index is 1040. The molecule has 1 heterocycles. The van der Waals surface area contributed by atoms with Gasteiger partial charge in [-0.1, -0.05) is 12.1 Å². The molecule has 3 rings (SSSR count). The highest BCUT2D eigenvalue weighted by Crippen LogP contribution is 2.37. The maximum atomic E-state index is 11.6. The molecule has 11 heteroatoms. The van der Waals surface area contributed by atoms with Crippen molar-refractivity contribution >= 4 is 39.5 Å². The van der Waals surface area contributed by atoms with Gasteiger partial charge in [0.25, 0.3) is 5.69 Å². The fourth-order valence-corrected chi connectivity index (χ4v) is 2.83. The number of nitrogens with two attached hydrogens (primary N) is 1. The van der Waals surface area contributed by atoms with Crippen molar-refractivity contribution in [3.8, 4) is 0 Å². The molecule has 0 saturated heterocycles. The zero-order valence-corrected chi connectivity index (χ0v) is 12.0. The average molecular weight is 336 g/mol. The van der Waals surface area contributed by atoms with E-state index in [0.717, 1.165) is 0 Å². The van der Waals surface area contributed by atoms with Crippen LogP contribution in [0.15, 0.2) is 38.8 Å². The zero-order chi connectivity index (χ0) is 16.6. The second kappa shape index (κ2) is 5.81. The molecule has 2 aromatic carbocycles. The molecule has 0 aliphatic heterocycles. The molecule has 23 heavy (non-hydrogen) atoms. The Balaban J connectivity index is 2.49. The van der Waals surface area contributed by atoms with Gasteiger partial charge in [0.2, 0.25) is 0 Å². The molecule has 0 spiro atoms. The van der Waals surface area contributed by atoms with Crippen molar-refractivity contribution in [1.29, 1.82) is 0 Å². The van der Waals surface area contributed by atoms with E-state index >= 15 is 0 Å². The maximum absolute atomic E-state index is 11.6. The van der Waals surface area contributed by atoms with Crippen molar-refractivity contribution in [3.63, 3.8) is 0 Å². The lowest BCUT2D eigenvalue weighted by atomic mass is 10.1. The third-order valence-electron chi connectivity index (χ3n) is 3.15. The summed E-state index contributed by atoms with van der Waals surface area (Å²) in [5.74, 6) is 4.78. The molecule has 0 aliphatic carbocycles. The molecule has 0 amide bonds. The lowest BCUT2D eigenvalue weighted by molar-refractivity contribution is -0.383. The van der Waals surface area contributed by atoms with Crippen molar-refractivity contribution in [2.24, 2.45) is 5.90 Å². The van der Waals surface area contributed by atoms with E-state index in [1.54, 1.807) is 18.2 Å². The highest BCUT2D eigenvalue weighted by Gasteiger charge is 2.20. The van der Waals surface area contributed by atoms with E-state index in [2.05, 4.69) is 19.3 Å². The van der Waals surface area contributed by atoms with Gasteiger partial charge in [-0.15, -0.1) is 9.32 Å². The molecule has 1 aromatic heterocycles. The van der Waals surface area contributed by atoms with Gasteiger partial charge < -0.3 is 9.97 Å². The molecule has 0 unspecified atom stereocenters. The predicted octanol–water partition coefficient (Wildman–Crippen LogP) is 1.11. The summed E-state index contributed by atoms with van der Waals surface area (Å²) in [6, 6.07) is 5.92. The number of benzene rings is 2. The summed E-state index contributed by atoms with van der Waals surface area (Å²) in [6.07, 6.45) is 0. The van der Waals surface area contributed by atoms with Gasteiger partial charge in [-0.25, -0.2) is 0 Å². The molecule has 10 nitrogen and oxygen atoms in total. The number of nitrogens with one attached hydrogen (secondary N) is 2. The summed E-state index contributed by atoms with van der Waals surface area (Å²) < 4.78 is 4.56. The molecule has 4 N–H and O–H groups in total. The first kappa shape index (κ1) is 15.2. The SMILES string of the molecule is NOOSc1cccc2c1c([N+](=O)[O-])cc1[nH]c(=O)c(=O)[nH]c12. The number of rotatable bonds is 4. The number of aromatic amines is 2. The van der Waals surface area contributed by atoms with Crippen LogP contribution in [0.5, 0.6) is 0 Å². The zero-order valence-electron chi connectivity index (χ0n) is 11.2. The number of aromatic nitrogens is 2. The summed E-state index contributed by atoms with van der Waals surface area (Å²) in [4.78, 5) is 42.9. The van der Waals surface area contributed by atoms with Gasteiger partial charge in [0.05, 0.1) is 38.3 Å². The Labute approximate surface area is 130 Å². The minimum atomic E-state index is -0.892. The topological polar surface area (TPSA) is 153 Å². The number of non-ortho nitro benzene ring substituents is 1. The van der Waals surface area contributed by atoms with Crippen LogP contribution in [0.25, 0.3) is 21.8 Å². The third-order valence-corrected chi connectivity index (χ3v) is 3.82. The summed E-state index contributed by atoms with van der Waals surface area (Å²) in [5, 5.41) is 12.0. The molecule has 0 saturated carbocycles. The molecular formula is C12H8N4O6S. The summed E-state index contributed by atoms with van der Waals surface area (Å²) >= 11 is 0.682. The molecule has 118 valence electrons. The predicted molar refractivity (Wildman–Crippen MR) is 81.6 cm³/mol. The number of hydrogen-bond donors (Lipinski definition) is 3. The van der Waals surface area contributed by atoms with Crippen LogP contribution >= 0.6 is 12.0 Å². The Hall–Kier alpha value is -2.73. The quantitative estimate of drug-likeness (QED) is 0.160. The number of H-pyrrole nitrogens is 2. The monoisotopic (exact) mass is 336 g/mol. The largest absolute Gasteiger partial charge is 0.316 e. The lowest BCUT2D eigenvalue weighted by Gasteiger charge is -2.08. The van der Waals surface area contributed by atoms with E-state index < -0.39 is 16.0 Å². The standard InChI is InChI=1S/C12H8N4O6S/c13-21-22-23-8-3-1-2-5-9(8)7(16(19)20)4-6-10(5)15-12(18)11(17)14-6/h1-4H,13H2,(H,14,17)(H,15,18). The molecule has 0 radical (unpaired) electrons. The van der Waals surface area contributed by atoms with E-state index in [4.69, 9.17) is 5.90 Å². The molecule has 0 bridgehead atoms. The van der Waals surface area contributed by atoms with Gasteiger partial charge in [0.1, 0.15) is 0 Å².